The van der Waals surface area contributed by atoms with Crippen LogP contribution in [0.2, 0.25) is 0 Å². The summed E-state index contributed by atoms with van der Waals surface area (Å²) >= 11 is 0. The summed E-state index contributed by atoms with van der Waals surface area (Å²) in [5.74, 6) is 0.440. The van der Waals surface area contributed by atoms with Gasteiger partial charge in [0.2, 0.25) is 0 Å². The van der Waals surface area contributed by atoms with Gasteiger partial charge in [0.05, 0.1) is 24.9 Å². The average molecular weight is 343 g/mol. The second kappa shape index (κ2) is 7.91. The van der Waals surface area contributed by atoms with Gasteiger partial charge in [-0.25, -0.2) is 5.43 Å². The van der Waals surface area contributed by atoms with E-state index in [1.165, 1.54) is 32.4 Å². The highest BCUT2D eigenvalue weighted by Crippen LogP contribution is 2.27. The number of nitro benzene ring substituents is 1. The van der Waals surface area contributed by atoms with Crippen molar-refractivity contribution in [2.45, 2.75) is 6.92 Å². The molecule has 0 spiro atoms. The number of carbonyl (C=O) groups excluding carboxylic acids is 1. The van der Waals surface area contributed by atoms with Crippen LogP contribution in [0.1, 0.15) is 22.8 Å². The fourth-order valence-corrected chi connectivity index (χ4v) is 2.15. The number of para-hydroxylation sites is 1. The van der Waals surface area contributed by atoms with Gasteiger partial charge in [-0.15, -0.1) is 0 Å². The monoisotopic (exact) mass is 343 g/mol. The summed E-state index contributed by atoms with van der Waals surface area (Å²) in [6.45, 7) is 1.70. The first-order valence-corrected chi connectivity index (χ1v) is 7.28. The van der Waals surface area contributed by atoms with Crippen molar-refractivity contribution < 1.29 is 19.2 Å². The number of amides is 1. The number of nitrogens with one attached hydrogen (secondary N) is 1. The molecule has 0 aliphatic carbocycles. The summed E-state index contributed by atoms with van der Waals surface area (Å²) in [4.78, 5) is 22.5. The number of ether oxygens (including phenoxy) is 2. The molecule has 0 heterocycles. The van der Waals surface area contributed by atoms with Crippen molar-refractivity contribution in [1.82, 2.24) is 5.43 Å². The van der Waals surface area contributed by atoms with E-state index >= 15 is 0 Å². The first-order valence-electron chi connectivity index (χ1n) is 7.28. The van der Waals surface area contributed by atoms with Crippen LogP contribution in [0.5, 0.6) is 11.5 Å². The fraction of sp³-hybridized carbons (Fsp3) is 0.176. The Morgan fingerprint density at radius 1 is 1.12 bits per heavy atom. The predicted molar refractivity (Wildman–Crippen MR) is 92.3 cm³/mol. The van der Waals surface area contributed by atoms with E-state index in [4.69, 9.17) is 9.47 Å². The van der Waals surface area contributed by atoms with Gasteiger partial charge in [-0.2, -0.15) is 5.10 Å². The molecule has 0 bridgehead atoms. The Kier molecular flexibility index (Phi) is 5.67. The van der Waals surface area contributed by atoms with Gasteiger partial charge in [-0.3, -0.25) is 14.9 Å². The number of nitrogens with zero attached hydrogens (tertiary/aromatic N) is 2. The molecule has 1 N–H and O–H groups in total. The van der Waals surface area contributed by atoms with Gasteiger partial charge in [0, 0.05) is 11.6 Å². The zero-order valence-electron chi connectivity index (χ0n) is 14.0. The average Bonchev–Trinajstić information content (AvgIpc) is 2.65. The Labute approximate surface area is 144 Å². The van der Waals surface area contributed by atoms with E-state index in [2.05, 4.69) is 10.5 Å². The number of methoxy groups -OCH3 is 2. The summed E-state index contributed by atoms with van der Waals surface area (Å²) in [6.07, 6.45) is 0. The fourth-order valence-electron chi connectivity index (χ4n) is 2.15. The molecule has 0 aliphatic rings. The molecule has 2 rings (SSSR count). The topological polar surface area (TPSA) is 103 Å². The van der Waals surface area contributed by atoms with E-state index in [-0.39, 0.29) is 11.3 Å². The van der Waals surface area contributed by atoms with E-state index in [0.29, 0.717) is 22.8 Å². The first-order chi connectivity index (χ1) is 12.0. The van der Waals surface area contributed by atoms with Gasteiger partial charge in [0.1, 0.15) is 5.56 Å². The molecule has 2 aromatic rings. The maximum atomic E-state index is 12.2. The molecule has 0 aliphatic heterocycles. The molecule has 1 amide bonds. The summed E-state index contributed by atoms with van der Waals surface area (Å²) in [5, 5.41) is 15.0. The highest BCUT2D eigenvalue weighted by atomic mass is 16.6. The SMILES string of the molecule is COc1ccc(C(C)=NNC(=O)c2ccccc2[N+](=O)[O-])cc1OC. The smallest absolute Gasteiger partial charge is 0.282 e. The third kappa shape index (κ3) is 4.11. The van der Waals surface area contributed by atoms with E-state index in [1.54, 1.807) is 31.2 Å². The Balaban J connectivity index is 2.22. The summed E-state index contributed by atoms with van der Waals surface area (Å²) < 4.78 is 10.4. The van der Waals surface area contributed by atoms with Crippen molar-refractivity contribution in [1.29, 1.82) is 0 Å². The molecule has 0 fully saturated rings. The first kappa shape index (κ1) is 17.9. The minimum absolute atomic E-state index is 0.0589. The Morgan fingerprint density at radius 3 is 2.44 bits per heavy atom. The Bertz CT molecular complexity index is 833. The van der Waals surface area contributed by atoms with Crippen LogP contribution in [0.3, 0.4) is 0 Å². The van der Waals surface area contributed by atoms with Crippen molar-refractivity contribution in [2.75, 3.05) is 14.2 Å². The number of hydrogen-bond acceptors (Lipinski definition) is 6. The number of nitro groups is 1. The van der Waals surface area contributed by atoms with Crippen molar-refractivity contribution in [3.8, 4) is 11.5 Å². The van der Waals surface area contributed by atoms with Gasteiger partial charge in [0.15, 0.2) is 11.5 Å². The van der Waals surface area contributed by atoms with E-state index in [0.717, 1.165) is 0 Å². The largest absolute Gasteiger partial charge is 0.493 e. The molecule has 0 radical (unpaired) electrons. The number of hydrazone groups is 1. The molecule has 0 saturated carbocycles. The minimum Gasteiger partial charge on any atom is -0.493 e. The van der Waals surface area contributed by atoms with Crippen LogP contribution in [0, 0.1) is 10.1 Å². The number of carbonyl (C=O) groups is 1. The molecule has 0 saturated heterocycles. The quantitative estimate of drug-likeness (QED) is 0.493. The third-order valence-electron chi connectivity index (χ3n) is 3.47. The van der Waals surface area contributed by atoms with Crippen molar-refractivity contribution in [3.63, 3.8) is 0 Å². The molecular weight excluding hydrogens is 326 g/mol. The highest BCUT2D eigenvalue weighted by Gasteiger charge is 2.18. The van der Waals surface area contributed by atoms with Crippen molar-refractivity contribution >= 4 is 17.3 Å². The molecule has 0 atom stereocenters. The summed E-state index contributed by atoms with van der Waals surface area (Å²) in [5.41, 5.74) is 3.21. The van der Waals surface area contributed by atoms with Crippen LogP contribution < -0.4 is 14.9 Å². The molecule has 8 heteroatoms. The van der Waals surface area contributed by atoms with Crippen LogP contribution >= 0.6 is 0 Å². The summed E-state index contributed by atoms with van der Waals surface area (Å²) in [6, 6.07) is 10.9. The number of rotatable bonds is 6. The van der Waals surface area contributed by atoms with Crippen LogP contribution in [-0.2, 0) is 0 Å². The van der Waals surface area contributed by atoms with Crippen molar-refractivity contribution in [3.05, 3.63) is 63.7 Å². The van der Waals surface area contributed by atoms with Crippen LogP contribution in [0.4, 0.5) is 5.69 Å². The maximum Gasteiger partial charge on any atom is 0.282 e. The van der Waals surface area contributed by atoms with E-state index < -0.39 is 10.8 Å². The van der Waals surface area contributed by atoms with Crippen LogP contribution in [0.25, 0.3) is 0 Å². The molecule has 25 heavy (non-hydrogen) atoms. The van der Waals surface area contributed by atoms with E-state index in [9.17, 15) is 14.9 Å². The van der Waals surface area contributed by atoms with Gasteiger partial charge in [0.25, 0.3) is 11.6 Å². The predicted octanol–water partition coefficient (Wildman–Crippen LogP) is 2.77. The zero-order valence-corrected chi connectivity index (χ0v) is 14.0. The zero-order chi connectivity index (χ0) is 18.4. The van der Waals surface area contributed by atoms with Crippen LogP contribution in [0.15, 0.2) is 47.6 Å². The van der Waals surface area contributed by atoms with E-state index in [1.807, 2.05) is 0 Å². The molecule has 2 aromatic carbocycles. The Hall–Kier alpha value is -3.42. The summed E-state index contributed by atoms with van der Waals surface area (Å²) in [7, 11) is 3.05. The lowest BCUT2D eigenvalue weighted by molar-refractivity contribution is -0.385. The number of benzene rings is 2. The van der Waals surface area contributed by atoms with Gasteiger partial charge >= 0.3 is 0 Å². The highest BCUT2D eigenvalue weighted by molar-refractivity contribution is 6.02. The minimum atomic E-state index is -0.660. The lowest BCUT2D eigenvalue weighted by atomic mass is 10.1. The second-order valence-electron chi connectivity index (χ2n) is 4.98. The third-order valence-corrected chi connectivity index (χ3v) is 3.47. The maximum absolute atomic E-state index is 12.2. The normalized spacial score (nSPS) is 10.9. The van der Waals surface area contributed by atoms with Crippen LogP contribution in [-0.4, -0.2) is 30.8 Å². The number of hydrogen-bond donors (Lipinski definition) is 1. The van der Waals surface area contributed by atoms with Gasteiger partial charge < -0.3 is 9.47 Å². The van der Waals surface area contributed by atoms with Crippen molar-refractivity contribution in [2.24, 2.45) is 5.10 Å². The second-order valence-corrected chi connectivity index (χ2v) is 4.98. The lowest BCUT2D eigenvalue weighted by Gasteiger charge is -2.09. The molecular formula is C17H17N3O5. The molecule has 8 nitrogen and oxygen atoms in total. The molecule has 130 valence electrons. The lowest BCUT2D eigenvalue weighted by Crippen LogP contribution is -2.20. The molecule has 0 unspecified atom stereocenters. The standard InChI is InChI=1S/C17H17N3O5/c1-11(12-8-9-15(24-2)16(10-12)25-3)18-19-17(21)13-6-4-5-7-14(13)20(22)23/h4-10H,1-3H3,(H,19,21). The molecule has 0 aromatic heterocycles. The van der Waals surface area contributed by atoms with Gasteiger partial charge in [-0.05, 0) is 31.2 Å². The Morgan fingerprint density at radius 2 is 1.80 bits per heavy atom. The van der Waals surface area contributed by atoms with Gasteiger partial charge in [-0.1, -0.05) is 12.1 Å².